The molecular formula is C123H250N12O10S. The Morgan fingerprint density at radius 3 is 0.925 bits per heavy atom. The minimum absolute atomic E-state index is 0. The summed E-state index contributed by atoms with van der Waals surface area (Å²) >= 11 is 1.10. The number of ketones is 1. The number of hydrogen-bond donors (Lipinski definition) is 7. The molecule has 7 atom stereocenters. The molecule has 11 heterocycles. The van der Waals surface area contributed by atoms with Crippen LogP contribution < -0.4 is 31.9 Å². The Kier molecular flexibility index (Phi) is 62.7. The number of thioether (sulfide) groups is 1. The van der Waals surface area contributed by atoms with Crippen LogP contribution in [0.25, 0.3) is 0 Å². The van der Waals surface area contributed by atoms with E-state index in [9.17, 15) is 38.7 Å². The Morgan fingerprint density at radius 1 is 0.411 bits per heavy atom. The van der Waals surface area contributed by atoms with Gasteiger partial charge < -0.3 is 59.9 Å². The summed E-state index contributed by atoms with van der Waals surface area (Å²) in [5.41, 5.74) is 4.14. The molecule has 0 aromatic rings. The van der Waals surface area contributed by atoms with E-state index in [2.05, 4.69) is 373 Å². The summed E-state index contributed by atoms with van der Waals surface area (Å²) in [6.07, 6.45) is 14.9. The lowest BCUT2D eigenvalue weighted by molar-refractivity contribution is -0.132. The van der Waals surface area contributed by atoms with Crippen LogP contribution in [0.2, 0.25) is 0 Å². The van der Waals surface area contributed by atoms with Gasteiger partial charge in [-0.2, -0.15) is 0 Å². The minimum atomic E-state index is -0.741. The molecule has 23 heteroatoms. The monoisotopic (exact) mass is 2090 g/mol. The van der Waals surface area contributed by atoms with E-state index >= 15 is 0 Å². The fraction of sp³-hybridized carbons (Fsp3) is 0.927. The number of alkyl carbamates (subject to hydrolysis) is 1. The van der Waals surface area contributed by atoms with Gasteiger partial charge in [0.25, 0.3) is 17.1 Å². The summed E-state index contributed by atoms with van der Waals surface area (Å²) in [6.45, 7) is 124. The van der Waals surface area contributed by atoms with Crippen molar-refractivity contribution in [3.8, 4) is 0 Å². The molecule has 0 bridgehead atoms. The highest BCUT2D eigenvalue weighted by atomic mass is 32.2. The Bertz CT molecular complexity index is 3510. The number of aliphatic hydroxyl groups is 1. The first-order valence-electron chi connectivity index (χ1n) is 55.6. The van der Waals surface area contributed by atoms with Gasteiger partial charge in [0.15, 0.2) is 17.6 Å². The Labute approximate surface area is 910 Å². The van der Waals surface area contributed by atoms with E-state index in [4.69, 9.17) is 9.47 Å². The van der Waals surface area contributed by atoms with Crippen LogP contribution in [0.5, 0.6) is 0 Å². The molecule has 0 aromatic heterocycles. The maximum atomic E-state index is 11.5. The van der Waals surface area contributed by atoms with Crippen molar-refractivity contribution in [1.29, 1.82) is 0 Å². The summed E-state index contributed by atoms with van der Waals surface area (Å²) in [4.78, 5) is 92.3. The van der Waals surface area contributed by atoms with E-state index in [1.165, 1.54) is 150 Å². The Hall–Kier alpha value is -3.78. The van der Waals surface area contributed by atoms with E-state index in [0.29, 0.717) is 91.6 Å². The predicted octanol–water partition coefficient (Wildman–Crippen LogP) is 27.2. The normalized spacial score (nSPS) is 24.1. The van der Waals surface area contributed by atoms with Crippen molar-refractivity contribution in [2.45, 2.75) is 459 Å². The topological polar surface area (TPSA) is 250 Å². The number of carbonyl (C=O) groups excluding carboxylic acids is 7. The highest BCUT2D eigenvalue weighted by Crippen LogP contribution is 2.49. The molecule has 6 amide bonds. The van der Waals surface area contributed by atoms with Gasteiger partial charge in [0, 0.05) is 91.1 Å². The fourth-order valence-corrected chi connectivity index (χ4v) is 19.1. The zero-order valence-corrected chi connectivity index (χ0v) is 104. The average Bonchev–Trinajstić information content (AvgIpc) is 1.83. The number of nitrogens with one attached hydrogen (secondary N) is 6. The zero-order valence-electron chi connectivity index (χ0n) is 104. The second-order valence-corrected chi connectivity index (χ2v) is 63.2. The van der Waals surface area contributed by atoms with Gasteiger partial charge in [0.2, 0.25) is 11.8 Å². The predicted molar refractivity (Wildman–Crippen MR) is 632 cm³/mol. The number of ether oxygens (including phenoxy) is 2. The first kappa shape index (κ1) is 148. The molecule has 2 saturated carbocycles. The van der Waals surface area contributed by atoms with Gasteiger partial charge >= 0.3 is 6.09 Å². The Morgan fingerprint density at radius 2 is 0.747 bits per heavy atom. The third-order valence-electron chi connectivity index (χ3n) is 30.2. The molecule has 22 nitrogen and oxygen atoms in total. The van der Waals surface area contributed by atoms with Crippen molar-refractivity contribution in [2.75, 3.05) is 154 Å². The first-order chi connectivity index (χ1) is 63.9. The maximum absolute atomic E-state index is 11.5. The highest BCUT2D eigenvalue weighted by molar-refractivity contribution is 8.15. The first-order valence-corrected chi connectivity index (χ1v) is 56.5. The Balaban J connectivity index is -0.000000745. The molecule has 0 aromatic carbocycles. The van der Waals surface area contributed by atoms with Gasteiger partial charge in [-0.05, 0) is 301 Å². The third kappa shape index (κ3) is 67.8. The molecule has 13 rings (SSSR count). The molecule has 7 N–H and O–H groups in total. The molecule has 11 aliphatic heterocycles. The fourth-order valence-electron chi connectivity index (χ4n) is 17.9. The molecule has 0 spiro atoms. The number of hydrogen-bond acceptors (Lipinski definition) is 19. The van der Waals surface area contributed by atoms with Gasteiger partial charge in [-0.3, -0.25) is 44.7 Å². The van der Waals surface area contributed by atoms with Crippen LogP contribution >= 0.6 is 11.8 Å². The van der Waals surface area contributed by atoms with Crippen LogP contribution in [0, 0.1) is 129 Å². The van der Waals surface area contributed by atoms with Crippen LogP contribution in [0.4, 0.5) is 9.59 Å². The van der Waals surface area contributed by atoms with E-state index in [-0.39, 0.29) is 83.5 Å². The second-order valence-electron chi connectivity index (χ2n) is 62.0. The molecule has 11 saturated heterocycles. The van der Waals surface area contributed by atoms with Crippen molar-refractivity contribution >= 4 is 52.5 Å². The molecule has 7 unspecified atom stereocenters. The van der Waals surface area contributed by atoms with Crippen LogP contribution in [-0.2, 0) is 33.4 Å². The average molecular weight is 2090 g/mol. The molecule has 13 fully saturated rings. The summed E-state index contributed by atoms with van der Waals surface area (Å²) in [5, 5.41) is 25.7. The summed E-state index contributed by atoms with van der Waals surface area (Å²) in [6, 6.07) is 0. The van der Waals surface area contributed by atoms with Gasteiger partial charge in [0.05, 0.1) is 10.9 Å². The van der Waals surface area contributed by atoms with Crippen molar-refractivity contribution in [3.05, 3.63) is 12.5 Å². The number of rotatable bonds is 9. The van der Waals surface area contributed by atoms with E-state index < -0.39 is 23.4 Å². The van der Waals surface area contributed by atoms with Crippen LogP contribution in [0.1, 0.15) is 437 Å². The maximum Gasteiger partial charge on any atom is 0.414 e. The van der Waals surface area contributed by atoms with Gasteiger partial charge in [-0.1, -0.05) is 345 Å². The van der Waals surface area contributed by atoms with Gasteiger partial charge in [-0.15, -0.1) is 0 Å². The summed E-state index contributed by atoms with van der Waals surface area (Å²) < 4.78 is 10.1. The number of Topliss-reactive ketones (excluding diaryl/α,β-unsaturated/α-hetero) is 1. The number of nitrogens with zero attached hydrogens (tertiary/aromatic N) is 6. The van der Waals surface area contributed by atoms with Crippen LogP contribution in [0.3, 0.4) is 0 Å². The lowest BCUT2D eigenvalue weighted by Gasteiger charge is -2.44. The van der Waals surface area contributed by atoms with E-state index in [0.717, 1.165) is 97.6 Å². The highest BCUT2D eigenvalue weighted by Gasteiger charge is 2.46. The van der Waals surface area contributed by atoms with Crippen molar-refractivity contribution in [2.24, 2.45) is 129 Å². The van der Waals surface area contributed by atoms with Crippen molar-refractivity contribution in [1.82, 2.24) is 61.3 Å². The summed E-state index contributed by atoms with van der Waals surface area (Å²) in [7, 11) is 13.2. The van der Waals surface area contributed by atoms with E-state index in [1.54, 1.807) is 6.92 Å². The smallest absolute Gasteiger partial charge is 0.414 e. The lowest BCUT2D eigenvalue weighted by atomic mass is 9.76. The second kappa shape index (κ2) is 61.7. The number of amides is 6. The van der Waals surface area contributed by atoms with Crippen molar-refractivity contribution in [3.63, 3.8) is 0 Å². The lowest BCUT2D eigenvalue weighted by Crippen LogP contribution is -2.49. The van der Waals surface area contributed by atoms with E-state index in [1.807, 2.05) is 41.5 Å². The molecular weight excluding hydrogens is 1840 g/mol. The molecule has 868 valence electrons. The number of cyclic esters (lactones) is 1. The van der Waals surface area contributed by atoms with Gasteiger partial charge in [-0.25, -0.2) is 4.79 Å². The number of imide groups is 2. The number of carbonyl (C=O) groups is 7. The molecule has 0 radical (unpaired) electrons. The molecule has 146 heavy (non-hydrogen) atoms. The SMILES string of the molecule is C.C.C.C=C1NC(=O)C(C)(CC(C)(C)C)O1.CC(C)(C)C1CCNC1.CC(C)(C)C1CNC1.CC(C)(C)CC(=O)CC1(C)CC1.CC(C)(C)CC(=O)NCC1(O)CCC1.CC(C)(C)CC1OC(=O)NC1=O.CC(C)(C)CC1SC(=O)NC1=O.CCC(C)(C)C.CN1CC(C(C)(C)C)C1.CN1CC(C(C)(C)C)C1.CN1CC(C(C)(C)C)C1.CN1CCC(C(C)(C)C)C1.CN1CCC(C(C)(C)C)C1.CN1CCC(C(C)(C)C)C1. The minimum Gasteiger partial charge on any atom is -0.463 e. The molecule has 13 aliphatic rings. The van der Waals surface area contributed by atoms with Crippen LogP contribution in [0.15, 0.2) is 12.5 Å². The zero-order chi connectivity index (χ0) is 112. The van der Waals surface area contributed by atoms with Crippen molar-refractivity contribution < 1.29 is 48.1 Å². The molecule has 2 aliphatic carbocycles. The third-order valence-corrected chi connectivity index (χ3v) is 31.2. The summed E-state index contributed by atoms with van der Waals surface area (Å²) in [5.74, 6) is 7.65. The van der Waals surface area contributed by atoms with Gasteiger partial charge in [0.1, 0.15) is 5.78 Å². The standard InChI is InChI=1S/C11H21NO2.C11H20O.C10H17NO2.3C9H19N.C8H13NO3.C8H13NO2S.4C8H17N.C7H15N.C6H14.3CH4/c1-10(2,3)7-9(13)12-8-11(14)5-4-6-11;1-10(2,3)7-9(12)8-11(4)5-6-11;1-7-11-8(12)10(5,13-7)6-9(2,3)4;3*1-9(2,3)8-5-6-10(4)7-8;2*1-8(2,3)4-5-6(10)9-7(11)12-5;3*1-8(2,3)7-5-9(4)6-7;1-8(2,3)7-4-5-9-6-7;1-7(2,3)6-4-8-5-6;1-5-6(2,3)4;;;/h14H,4-8H2,1-3H3,(H,12,13);5-8H2,1-4H3;1,6H2,2-5H3,(H,11,12);3*8H,5-7H2,1-4H3;2*5H,4H2,1-3H3,(H,9,10,11);3*7H,5-6H2,1-4H3;7,9H,4-6H2,1-3H3;6,8H,4-5H2,1-3H3;5H2,1-4H3;3*1H4. The largest absolute Gasteiger partial charge is 0.463 e. The van der Waals surface area contributed by atoms with Crippen LogP contribution in [-0.4, -0.2) is 251 Å². The number of likely N-dealkylation sites (tertiary alicyclic amines) is 6. The quantitative estimate of drug-likeness (QED) is 0.113.